The quantitative estimate of drug-likeness (QED) is 0.316. The fourth-order valence-corrected chi connectivity index (χ4v) is 4.08. The Labute approximate surface area is 201 Å². The molecule has 0 saturated carbocycles. The van der Waals surface area contributed by atoms with E-state index in [9.17, 15) is 5.26 Å². The van der Waals surface area contributed by atoms with Crippen LogP contribution in [0.5, 0.6) is 0 Å². The SMILES string of the molecule is N#Cc1ccc2nccc(Nc3ccc(-c4nc5ccc(NC6=CC=NCC6)cc5o4)cc3)c2c1. The van der Waals surface area contributed by atoms with Gasteiger partial charge in [0, 0.05) is 65.2 Å². The van der Waals surface area contributed by atoms with Gasteiger partial charge in [-0.05, 0) is 66.7 Å². The molecule has 6 rings (SSSR count). The van der Waals surface area contributed by atoms with E-state index < -0.39 is 0 Å². The van der Waals surface area contributed by atoms with Crippen molar-refractivity contribution in [1.29, 1.82) is 5.26 Å². The molecular formula is C28H20N6O. The average molecular weight is 457 g/mol. The number of nitriles is 1. The van der Waals surface area contributed by atoms with E-state index in [1.54, 1.807) is 12.3 Å². The Kier molecular flexibility index (Phi) is 5.17. The average Bonchev–Trinajstić information content (AvgIpc) is 3.33. The number of hydrogen-bond acceptors (Lipinski definition) is 7. The van der Waals surface area contributed by atoms with Gasteiger partial charge >= 0.3 is 0 Å². The van der Waals surface area contributed by atoms with Gasteiger partial charge in [0.1, 0.15) is 5.52 Å². The fraction of sp³-hybridized carbons (Fsp3) is 0.0714. The number of pyridine rings is 1. The first-order chi connectivity index (χ1) is 17.2. The van der Waals surface area contributed by atoms with Gasteiger partial charge in [-0.2, -0.15) is 5.26 Å². The zero-order valence-electron chi connectivity index (χ0n) is 18.7. The van der Waals surface area contributed by atoms with E-state index >= 15 is 0 Å². The van der Waals surface area contributed by atoms with E-state index in [0.29, 0.717) is 11.5 Å². The first kappa shape index (κ1) is 20.6. The second-order valence-electron chi connectivity index (χ2n) is 8.23. The molecule has 1 aliphatic heterocycles. The van der Waals surface area contributed by atoms with Crippen molar-refractivity contribution in [3.63, 3.8) is 0 Å². The second kappa shape index (κ2) is 8.76. The highest BCUT2D eigenvalue weighted by Gasteiger charge is 2.11. The van der Waals surface area contributed by atoms with Crippen LogP contribution in [0.15, 0.2) is 94.1 Å². The zero-order valence-corrected chi connectivity index (χ0v) is 18.7. The van der Waals surface area contributed by atoms with Gasteiger partial charge in [0.25, 0.3) is 0 Å². The van der Waals surface area contributed by atoms with Crippen LogP contribution in [0, 0.1) is 11.3 Å². The number of aromatic nitrogens is 2. The molecule has 0 saturated heterocycles. The van der Waals surface area contributed by atoms with E-state index in [4.69, 9.17) is 4.42 Å². The van der Waals surface area contributed by atoms with Crippen LogP contribution in [0.4, 0.5) is 17.1 Å². The van der Waals surface area contributed by atoms with E-state index in [-0.39, 0.29) is 0 Å². The summed E-state index contributed by atoms with van der Waals surface area (Å²) in [5.74, 6) is 0.570. The zero-order chi connectivity index (χ0) is 23.6. The molecule has 168 valence electrons. The monoisotopic (exact) mass is 456 g/mol. The number of oxazole rings is 1. The smallest absolute Gasteiger partial charge is 0.227 e. The highest BCUT2D eigenvalue weighted by atomic mass is 16.3. The molecule has 0 fully saturated rings. The highest BCUT2D eigenvalue weighted by molar-refractivity contribution is 5.93. The lowest BCUT2D eigenvalue weighted by Crippen LogP contribution is -2.04. The Bertz CT molecular complexity index is 1660. The number of fused-ring (bicyclic) bond motifs is 2. The number of hydrogen-bond donors (Lipinski definition) is 2. The van der Waals surface area contributed by atoms with Crippen molar-refractivity contribution in [3.05, 3.63) is 90.3 Å². The minimum atomic E-state index is 0.570. The number of aliphatic imine (C=N–C) groups is 1. The van der Waals surface area contributed by atoms with E-state index in [1.807, 2.05) is 73.0 Å². The van der Waals surface area contributed by atoms with Gasteiger partial charge in [0.15, 0.2) is 5.58 Å². The third kappa shape index (κ3) is 4.21. The number of benzene rings is 3. The molecule has 0 aliphatic carbocycles. The molecule has 2 N–H and O–H groups in total. The Morgan fingerprint density at radius 1 is 0.886 bits per heavy atom. The van der Waals surface area contributed by atoms with Crippen LogP contribution in [0.25, 0.3) is 33.5 Å². The van der Waals surface area contributed by atoms with Crippen LogP contribution in [0.3, 0.4) is 0 Å². The molecule has 7 nitrogen and oxygen atoms in total. The summed E-state index contributed by atoms with van der Waals surface area (Å²) in [5.41, 5.74) is 7.76. The maximum atomic E-state index is 9.24. The third-order valence-electron chi connectivity index (χ3n) is 5.87. The number of anilines is 3. The highest BCUT2D eigenvalue weighted by Crippen LogP contribution is 2.30. The van der Waals surface area contributed by atoms with E-state index in [1.165, 1.54) is 0 Å². The van der Waals surface area contributed by atoms with Gasteiger partial charge in [-0.3, -0.25) is 9.98 Å². The van der Waals surface area contributed by atoms with Gasteiger partial charge in [0.05, 0.1) is 17.1 Å². The van der Waals surface area contributed by atoms with Crippen molar-refractivity contribution in [2.45, 2.75) is 6.42 Å². The van der Waals surface area contributed by atoms with E-state index in [0.717, 1.165) is 63.3 Å². The molecule has 3 heterocycles. The van der Waals surface area contributed by atoms with Crippen LogP contribution in [-0.2, 0) is 0 Å². The minimum absolute atomic E-state index is 0.570. The molecule has 0 amide bonds. The third-order valence-corrected chi connectivity index (χ3v) is 5.87. The summed E-state index contributed by atoms with van der Waals surface area (Å²) >= 11 is 0. The lowest BCUT2D eigenvalue weighted by Gasteiger charge is -2.11. The largest absolute Gasteiger partial charge is 0.436 e. The first-order valence-corrected chi connectivity index (χ1v) is 11.3. The summed E-state index contributed by atoms with van der Waals surface area (Å²) in [6, 6.07) is 23.4. The van der Waals surface area contributed by atoms with Crippen molar-refractivity contribution < 1.29 is 4.42 Å². The van der Waals surface area contributed by atoms with Crippen LogP contribution in [0.2, 0.25) is 0 Å². The normalized spacial score (nSPS) is 12.9. The topological polar surface area (TPSA) is 99.1 Å². The molecule has 35 heavy (non-hydrogen) atoms. The van der Waals surface area contributed by atoms with Crippen molar-refractivity contribution in [1.82, 2.24) is 9.97 Å². The van der Waals surface area contributed by atoms with E-state index in [2.05, 4.69) is 31.7 Å². The van der Waals surface area contributed by atoms with Crippen LogP contribution >= 0.6 is 0 Å². The molecule has 3 aromatic carbocycles. The summed E-state index contributed by atoms with van der Waals surface area (Å²) in [6.45, 7) is 0.802. The molecule has 2 aromatic heterocycles. The Balaban J connectivity index is 1.24. The van der Waals surface area contributed by atoms with Crippen molar-refractivity contribution in [2.75, 3.05) is 17.2 Å². The van der Waals surface area contributed by atoms with Crippen molar-refractivity contribution in [2.24, 2.45) is 4.99 Å². The van der Waals surface area contributed by atoms with Gasteiger partial charge in [-0.15, -0.1) is 0 Å². The summed E-state index contributed by atoms with van der Waals surface area (Å²) < 4.78 is 6.07. The fourth-order valence-electron chi connectivity index (χ4n) is 4.08. The summed E-state index contributed by atoms with van der Waals surface area (Å²) in [6.07, 6.45) is 6.47. The van der Waals surface area contributed by atoms with Gasteiger partial charge in [0.2, 0.25) is 5.89 Å². The Morgan fingerprint density at radius 2 is 1.74 bits per heavy atom. The summed E-state index contributed by atoms with van der Waals surface area (Å²) in [7, 11) is 0. The van der Waals surface area contributed by atoms with Gasteiger partial charge < -0.3 is 15.1 Å². The molecule has 5 aromatic rings. The number of dihydropyridines is 1. The van der Waals surface area contributed by atoms with Crippen LogP contribution in [0.1, 0.15) is 12.0 Å². The standard InChI is InChI=1S/C28H20N6O/c29-17-18-1-7-24-23(15-18)25(11-14-31-24)33-20-4-2-19(3-5-20)28-34-26-8-6-22(16-27(26)35-28)32-21-9-12-30-13-10-21/h1-9,11-12,14-16,32H,10,13H2,(H,31,33). The minimum Gasteiger partial charge on any atom is -0.436 e. The lowest BCUT2D eigenvalue weighted by atomic mass is 10.1. The number of nitrogens with one attached hydrogen (secondary N) is 2. The summed E-state index contributed by atoms with van der Waals surface area (Å²) in [5, 5.41) is 17.0. The molecule has 1 aliphatic rings. The second-order valence-corrected chi connectivity index (χ2v) is 8.23. The molecule has 0 bridgehead atoms. The Hall–Kier alpha value is -4.96. The predicted octanol–water partition coefficient (Wildman–Crippen LogP) is 6.43. The maximum absolute atomic E-state index is 9.24. The predicted molar refractivity (Wildman–Crippen MR) is 139 cm³/mol. The number of nitrogens with zero attached hydrogens (tertiary/aromatic N) is 4. The van der Waals surface area contributed by atoms with Crippen molar-refractivity contribution >= 4 is 45.3 Å². The van der Waals surface area contributed by atoms with Crippen LogP contribution in [-0.4, -0.2) is 22.7 Å². The molecule has 0 spiro atoms. The number of allylic oxidation sites excluding steroid dienone is 1. The molecular weight excluding hydrogens is 436 g/mol. The van der Waals surface area contributed by atoms with Crippen LogP contribution < -0.4 is 10.6 Å². The lowest BCUT2D eigenvalue weighted by molar-refractivity contribution is 0.620. The summed E-state index contributed by atoms with van der Waals surface area (Å²) in [4.78, 5) is 13.3. The molecule has 7 heteroatoms. The number of rotatable bonds is 5. The van der Waals surface area contributed by atoms with Crippen molar-refractivity contribution in [3.8, 4) is 17.5 Å². The van der Waals surface area contributed by atoms with Gasteiger partial charge in [-0.25, -0.2) is 4.98 Å². The maximum Gasteiger partial charge on any atom is 0.227 e. The molecule has 0 radical (unpaired) electrons. The molecule has 0 atom stereocenters. The molecule has 0 unspecified atom stereocenters. The first-order valence-electron chi connectivity index (χ1n) is 11.3. The van der Waals surface area contributed by atoms with Gasteiger partial charge in [-0.1, -0.05) is 0 Å². The Morgan fingerprint density at radius 3 is 2.57 bits per heavy atom.